The molecule has 3 atom stereocenters. The Morgan fingerprint density at radius 2 is 1.80 bits per heavy atom. The highest BCUT2D eigenvalue weighted by molar-refractivity contribution is 7.85. The number of hydrogen-bond donors (Lipinski definition) is 1. The fourth-order valence-electron chi connectivity index (χ4n) is 3.96. The third-order valence-corrected chi connectivity index (χ3v) is 7.84. The van der Waals surface area contributed by atoms with Crippen LogP contribution in [0.1, 0.15) is 57.8 Å². The molecular formula is C19H25Cl2NO2S. The Hall–Kier alpha value is -0.580. The number of hydrogen-bond acceptors (Lipinski definition) is 2. The second-order valence-corrected chi connectivity index (χ2v) is 9.75. The highest BCUT2D eigenvalue weighted by Gasteiger charge is 2.32. The molecule has 0 saturated heterocycles. The summed E-state index contributed by atoms with van der Waals surface area (Å²) in [6.07, 6.45) is 9.24. The van der Waals surface area contributed by atoms with Crippen molar-refractivity contribution in [2.75, 3.05) is 0 Å². The maximum absolute atomic E-state index is 12.9. The van der Waals surface area contributed by atoms with Gasteiger partial charge in [0.05, 0.1) is 20.7 Å². The smallest absolute Gasteiger partial charge is 0.223 e. The van der Waals surface area contributed by atoms with Crippen molar-refractivity contribution in [3.8, 4) is 0 Å². The van der Waals surface area contributed by atoms with Gasteiger partial charge < -0.3 is 5.32 Å². The fourth-order valence-corrected chi connectivity index (χ4v) is 6.20. The predicted octanol–water partition coefficient (Wildman–Crippen LogP) is 5.11. The number of nitrogens with one attached hydrogen (secondary N) is 1. The summed E-state index contributed by atoms with van der Waals surface area (Å²) in [6, 6.07) is 5.42. The van der Waals surface area contributed by atoms with Gasteiger partial charge in [-0.3, -0.25) is 9.00 Å². The average Bonchev–Trinajstić information content (AvgIpc) is 2.62. The van der Waals surface area contributed by atoms with Gasteiger partial charge >= 0.3 is 0 Å². The molecule has 2 fully saturated rings. The molecule has 25 heavy (non-hydrogen) atoms. The summed E-state index contributed by atoms with van der Waals surface area (Å²) in [6.45, 7) is 0. The standard InChI is InChI=1S/C19H25Cl2NO2S/c20-14-9-10-18(17(21)12-14)25(24)16-8-4-5-13(11-16)19(23)22-15-6-2-1-3-7-15/h9-10,12-13,15-16H,1-8,11H2,(H,22,23). The Morgan fingerprint density at radius 3 is 2.52 bits per heavy atom. The van der Waals surface area contributed by atoms with Gasteiger partial charge in [-0.25, -0.2) is 0 Å². The molecule has 2 saturated carbocycles. The van der Waals surface area contributed by atoms with Crippen LogP contribution in [0.15, 0.2) is 23.1 Å². The first-order valence-corrected chi connectivity index (χ1v) is 11.2. The van der Waals surface area contributed by atoms with Crippen molar-refractivity contribution < 1.29 is 9.00 Å². The molecule has 2 aliphatic carbocycles. The Balaban J connectivity index is 1.62. The van der Waals surface area contributed by atoms with Gasteiger partial charge in [0.15, 0.2) is 0 Å². The predicted molar refractivity (Wildman–Crippen MR) is 104 cm³/mol. The van der Waals surface area contributed by atoms with E-state index in [2.05, 4.69) is 5.32 Å². The van der Waals surface area contributed by atoms with Crippen LogP contribution in [0, 0.1) is 5.92 Å². The van der Waals surface area contributed by atoms with E-state index in [0.717, 1.165) is 32.1 Å². The molecule has 3 rings (SSSR count). The van der Waals surface area contributed by atoms with E-state index >= 15 is 0 Å². The molecule has 0 radical (unpaired) electrons. The van der Waals surface area contributed by atoms with Crippen LogP contribution in [0.2, 0.25) is 10.0 Å². The maximum atomic E-state index is 12.9. The minimum absolute atomic E-state index is 0.0190. The fraction of sp³-hybridized carbons (Fsp3) is 0.632. The van der Waals surface area contributed by atoms with E-state index in [1.165, 1.54) is 19.3 Å². The molecule has 3 unspecified atom stereocenters. The third-order valence-electron chi connectivity index (χ3n) is 5.36. The van der Waals surface area contributed by atoms with Crippen LogP contribution in [0.25, 0.3) is 0 Å². The van der Waals surface area contributed by atoms with Crippen LogP contribution in [0.5, 0.6) is 0 Å². The zero-order valence-corrected chi connectivity index (χ0v) is 16.6. The van der Waals surface area contributed by atoms with Crippen LogP contribution in [0.4, 0.5) is 0 Å². The molecule has 0 heterocycles. The summed E-state index contributed by atoms with van der Waals surface area (Å²) in [7, 11) is -1.20. The summed E-state index contributed by atoms with van der Waals surface area (Å²) in [5, 5.41) is 4.19. The van der Waals surface area contributed by atoms with E-state index in [9.17, 15) is 9.00 Å². The highest BCUT2D eigenvalue weighted by Crippen LogP contribution is 2.33. The number of rotatable bonds is 4. The average molecular weight is 402 g/mol. The van der Waals surface area contributed by atoms with Crippen molar-refractivity contribution in [3.63, 3.8) is 0 Å². The van der Waals surface area contributed by atoms with Crippen LogP contribution in [-0.2, 0) is 15.6 Å². The molecule has 0 aliphatic heterocycles. The zero-order chi connectivity index (χ0) is 17.8. The van der Waals surface area contributed by atoms with Gasteiger partial charge in [-0.2, -0.15) is 0 Å². The lowest BCUT2D eigenvalue weighted by molar-refractivity contribution is -0.126. The van der Waals surface area contributed by atoms with E-state index in [1.807, 2.05) is 0 Å². The van der Waals surface area contributed by atoms with Crippen LogP contribution in [-0.4, -0.2) is 21.4 Å². The molecule has 0 aromatic heterocycles. The molecule has 0 spiro atoms. The van der Waals surface area contributed by atoms with Crippen LogP contribution >= 0.6 is 23.2 Å². The molecule has 6 heteroatoms. The Labute approximate surface area is 162 Å². The van der Waals surface area contributed by atoms with E-state index in [0.29, 0.717) is 27.4 Å². The quantitative estimate of drug-likeness (QED) is 0.761. The minimum atomic E-state index is -1.20. The molecule has 3 nitrogen and oxygen atoms in total. The van der Waals surface area contributed by atoms with E-state index in [1.54, 1.807) is 18.2 Å². The van der Waals surface area contributed by atoms with Gasteiger partial charge in [0.2, 0.25) is 5.91 Å². The Morgan fingerprint density at radius 1 is 1.04 bits per heavy atom. The van der Waals surface area contributed by atoms with Crippen molar-refractivity contribution in [2.45, 2.75) is 74.0 Å². The molecular weight excluding hydrogens is 377 g/mol. The number of carbonyl (C=O) groups excluding carboxylic acids is 1. The van der Waals surface area contributed by atoms with Crippen LogP contribution < -0.4 is 5.32 Å². The molecule has 1 aromatic carbocycles. The normalized spacial score (nSPS) is 26.2. The van der Waals surface area contributed by atoms with Gasteiger partial charge in [0.25, 0.3) is 0 Å². The SMILES string of the molecule is O=C(NC1CCCCC1)C1CCCC(S(=O)c2ccc(Cl)cc2Cl)C1. The van der Waals surface area contributed by atoms with Gasteiger partial charge in [-0.05, 0) is 50.3 Å². The zero-order valence-electron chi connectivity index (χ0n) is 14.3. The lowest BCUT2D eigenvalue weighted by Crippen LogP contribution is -2.42. The summed E-state index contributed by atoms with van der Waals surface area (Å²) in [5.74, 6) is 0.117. The molecule has 1 amide bonds. The second-order valence-electron chi connectivity index (χ2n) is 7.20. The topological polar surface area (TPSA) is 46.2 Å². The van der Waals surface area contributed by atoms with Crippen molar-refractivity contribution in [1.82, 2.24) is 5.32 Å². The lowest BCUT2D eigenvalue weighted by Gasteiger charge is -2.30. The number of amides is 1. The number of carbonyl (C=O) groups is 1. The molecule has 1 N–H and O–H groups in total. The molecule has 0 bridgehead atoms. The van der Waals surface area contributed by atoms with Gasteiger partial charge in [0.1, 0.15) is 0 Å². The molecule has 2 aliphatic rings. The minimum Gasteiger partial charge on any atom is -0.353 e. The van der Waals surface area contributed by atoms with Gasteiger partial charge in [0, 0.05) is 22.2 Å². The first-order chi connectivity index (χ1) is 12.0. The van der Waals surface area contributed by atoms with Gasteiger partial charge in [-0.15, -0.1) is 0 Å². The van der Waals surface area contributed by atoms with Crippen molar-refractivity contribution in [2.24, 2.45) is 5.92 Å². The summed E-state index contributed by atoms with van der Waals surface area (Å²) in [5.41, 5.74) is 0. The summed E-state index contributed by atoms with van der Waals surface area (Å²) < 4.78 is 12.9. The Kier molecular flexibility index (Phi) is 6.81. The van der Waals surface area contributed by atoms with Gasteiger partial charge in [-0.1, -0.05) is 48.9 Å². The van der Waals surface area contributed by atoms with E-state index in [-0.39, 0.29) is 17.1 Å². The maximum Gasteiger partial charge on any atom is 0.223 e. The largest absolute Gasteiger partial charge is 0.353 e. The van der Waals surface area contributed by atoms with E-state index in [4.69, 9.17) is 23.2 Å². The second kappa shape index (κ2) is 8.88. The highest BCUT2D eigenvalue weighted by atomic mass is 35.5. The first-order valence-electron chi connectivity index (χ1n) is 9.20. The third kappa shape index (κ3) is 4.99. The van der Waals surface area contributed by atoms with E-state index < -0.39 is 10.8 Å². The molecule has 1 aromatic rings. The first kappa shape index (κ1) is 19.2. The lowest BCUT2D eigenvalue weighted by atomic mass is 9.87. The van der Waals surface area contributed by atoms with Crippen molar-refractivity contribution in [1.29, 1.82) is 0 Å². The van der Waals surface area contributed by atoms with Crippen molar-refractivity contribution in [3.05, 3.63) is 28.2 Å². The Bertz CT molecular complexity index is 646. The monoisotopic (exact) mass is 401 g/mol. The van der Waals surface area contributed by atoms with Crippen molar-refractivity contribution >= 4 is 39.9 Å². The molecule has 138 valence electrons. The summed E-state index contributed by atoms with van der Waals surface area (Å²) >= 11 is 12.1. The number of halogens is 2. The van der Waals surface area contributed by atoms with Crippen LogP contribution in [0.3, 0.4) is 0 Å². The number of benzene rings is 1. The summed E-state index contributed by atoms with van der Waals surface area (Å²) in [4.78, 5) is 13.3.